The fraction of sp³-hybridized carbons (Fsp3) is 0.385. The van der Waals surface area contributed by atoms with Crippen LogP contribution in [0.1, 0.15) is 44.7 Å². The van der Waals surface area contributed by atoms with Crippen LogP contribution in [0, 0.1) is 5.92 Å². The number of hydrogen-bond acceptors (Lipinski definition) is 5. The maximum atomic E-state index is 13.5. The van der Waals surface area contributed by atoms with Gasteiger partial charge < -0.3 is 10.6 Å². The molecule has 1 saturated heterocycles. The third kappa shape index (κ3) is 6.29. The summed E-state index contributed by atoms with van der Waals surface area (Å²) in [6.45, 7) is 5.25. The van der Waals surface area contributed by atoms with E-state index in [0.717, 1.165) is 16.2 Å². The average molecular weight is 466 g/mol. The number of hydrogen-bond donors (Lipinski definition) is 2. The standard InChI is InChI=1S/C26H31N3O5/c1-18(2)14-22(27-19(3)30)24(32)28-26(15-20-10-6-4-7-11-20)16-23(31)29(25(26)33)34-17-21-12-8-5-9-13-21/h4-13,18,22H,14-17H2,1-3H3,(H,27,30)(H,28,32)/t22-,26-/m1/s1. The van der Waals surface area contributed by atoms with Gasteiger partial charge in [-0.3, -0.25) is 24.0 Å². The van der Waals surface area contributed by atoms with Gasteiger partial charge in [-0.15, -0.1) is 0 Å². The second kappa shape index (κ2) is 11.1. The number of benzene rings is 2. The van der Waals surface area contributed by atoms with Crippen LogP contribution in [-0.2, 0) is 37.0 Å². The maximum Gasteiger partial charge on any atom is 0.280 e. The zero-order valence-electron chi connectivity index (χ0n) is 19.7. The van der Waals surface area contributed by atoms with Gasteiger partial charge in [0.2, 0.25) is 11.8 Å². The maximum absolute atomic E-state index is 13.5. The largest absolute Gasteiger partial charge is 0.345 e. The molecule has 1 aliphatic heterocycles. The Hall–Kier alpha value is -3.52. The third-order valence-electron chi connectivity index (χ3n) is 5.59. The fourth-order valence-corrected chi connectivity index (χ4v) is 4.05. The number of nitrogens with zero attached hydrogens (tertiary/aromatic N) is 1. The fourth-order valence-electron chi connectivity index (χ4n) is 4.05. The second-order valence-corrected chi connectivity index (χ2v) is 9.05. The van der Waals surface area contributed by atoms with Crippen LogP contribution in [0.15, 0.2) is 60.7 Å². The summed E-state index contributed by atoms with van der Waals surface area (Å²) in [6.07, 6.45) is 0.267. The lowest BCUT2D eigenvalue weighted by Gasteiger charge is -2.30. The van der Waals surface area contributed by atoms with Crippen molar-refractivity contribution in [2.75, 3.05) is 0 Å². The molecule has 1 aliphatic rings. The minimum absolute atomic E-state index is 0.0373. The van der Waals surface area contributed by atoms with E-state index in [4.69, 9.17) is 4.84 Å². The van der Waals surface area contributed by atoms with E-state index in [1.807, 2.05) is 74.5 Å². The second-order valence-electron chi connectivity index (χ2n) is 9.05. The van der Waals surface area contributed by atoms with Gasteiger partial charge in [0.15, 0.2) is 0 Å². The van der Waals surface area contributed by atoms with Crippen LogP contribution in [0.25, 0.3) is 0 Å². The normalized spacial score (nSPS) is 18.8. The van der Waals surface area contributed by atoms with Crippen molar-refractivity contribution in [3.05, 3.63) is 71.8 Å². The zero-order valence-corrected chi connectivity index (χ0v) is 19.7. The Morgan fingerprint density at radius 1 is 1.00 bits per heavy atom. The summed E-state index contributed by atoms with van der Waals surface area (Å²) in [7, 11) is 0. The number of carbonyl (C=O) groups excluding carboxylic acids is 4. The van der Waals surface area contributed by atoms with Crippen molar-refractivity contribution >= 4 is 23.6 Å². The van der Waals surface area contributed by atoms with Crippen molar-refractivity contribution in [1.29, 1.82) is 0 Å². The Kier molecular flexibility index (Phi) is 8.17. The van der Waals surface area contributed by atoms with E-state index in [2.05, 4.69) is 10.6 Å². The van der Waals surface area contributed by atoms with Crippen LogP contribution in [0.2, 0.25) is 0 Å². The molecular formula is C26H31N3O5. The first-order valence-electron chi connectivity index (χ1n) is 11.4. The third-order valence-corrected chi connectivity index (χ3v) is 5.59. The molecule has 3 rings (SSSR count). The van der Waals surface area contributed by atoms with E-state index in [9.17, 15) is 19.2 Å². The van der Waals surface area contributed by atoms with Crippen LogP contribution in [0.4, 0.5) is 0 Å². The Balaban J connectivity index is 1.86. The van der Waals surface area contributed by atoms with E-state index in [-0.39, 0.29) is 31.3 Å². The minimum Gasteiger partial charge on any atom is -0.345 e. The summed E-state index contributed by atoms with van der Waals surface area (Å²) in [6, 6.07) is 17.5. The molecule has 2 N–H and O–H groups in total. The molecule has 0 spiro atoms. The van der Waals surface area contributed by atoms with Gasteiger partial charge in [-0.05, 0) is 23.5 Å². The van der Waals surface area contributed by atoms with Crippen molar-refractivity contribution < 1.29 is 24.0 Å². The highest BCUT2D eigenvalue weighted by molar-refractivity contribution is 6.09. The van der Waals surface area contributed by atoms with E-state index < -0.39 is 29.3 Å². The van der Waals surface area contributed by atoms with Gasteiger partial charge in [-0.25, -0.2) is 0 Å². The quantitative estimate of drug-likeness (QED) is 0.525. The van der Waals surface area contributed by atoms with Crippen LogP contribution in [0.3, 0.4) is 0 Å². The van der Waals surface area contributed by atoms with Crippen molar-refractivity contribution in [2.24, 2.45) is 5.92 Å². The molecule has 2 aromatic rings. The number of hydroxylamine groups is 2. The highest BCUT2D eigenvalue weighted by Crippen LogP contribution is 2.29. The van der Waals surface area contributed by atoms with Gasteiger partial charge in [0.1, 0.15) is 18.2 Å². The van der Waals surface area contributed by atoms with Crippen LogP contribution in [-0.4, -0.2) is 40.3 Å². The number of imide groups is 1. The number of rotatable bonds is 10. The van der Waals surface area contributed by atoms with Gasteiger partial charge in [-0.1, -0.05) is 74.5 Å². The van der Waals surface area contributed by atoms with E-state index in [1.54, 1.807) is 0 Å². The highest BCUT2D eigenvalue weighted by atomic mass is 16.7. The molecule has 4 amide bonds. The summed E-state index contributed by atoms with van der Waals surface area (Å²) in [4.78, 5) is 57.0. The topological polar surface area (TPSA) is 105 Å². The molecule has 0 saturated carbocycles. The average Bonchev–Trinajstić information content (AvgIpc) is 3.01. The van der Waals surface area contributed by atoms with Crippen molar-refractivity contribution in [1.82, 2.24) is 15.7 Å². The Morgan fingerprint density at radius 3 is 2.15 bits per heavy atom. The number of amides is 4. The lowest BCUT2D eigenvalue weighted by molar-refractivity contribution is -0.193. The van der Waals surface area contributed by atoms with Crippen molar-refractivity contribution in [3.8, 4) is 0 Å². The predicted molar refractivity (Wildman–Crippen MR) is 126 cm³/mol. The molecule has 2 aromatic carbocycles. The molecule has 0 aromatic heterocycles. The van der Waals surface area contributed by atoms with Gasteiger partial charge >= 0.3 is 0 Å². The van der Waals surface area contributed by atoms with Gasteiger partial charge in [0.25, 0.3) is 11.8 Å². The summed E-state index contributed by atoms with van der Waals surface area (Å²) in [5.41, 5.74) is 0.0732. The first kappa shape index (κ1) is 25.1. The smallest absolute Gasteiger partial charge is 0.280 e. The summed E-state index contributed by atoms with van der Waals surface area (Å²) in [5, 5.41) is 6.23. The van der Waals surface area contributed by atoms with E-state index >= 15 is 0 Å². The summed E-state index contributed by atoms with van der Waals surface area (Å²) in [5.74, 6) is -1.89. The molecular weight excluding hydrogens is 434 g/mol. The van der Waals surface area contributed by atoms with Gasteiger partial charge in [0, 0.05) is 13.3 Å². The van der Waals surface area contributed by atoms with E-state index in [0.29, 0.717) is 6.42 Å². The molecule has 180 valence electrons. The minimum atomic E-state index is -1.51. The molecule has 8 nitrogen and oxygen atoms in total. The molecule has 1 heterocycles. The van der Waals surface area contributed by atoms with Crippen LogP contribution < -0.4 is 10.6 Å². The Morgan fingerprint density at radius 2 is 1.59 bits per heavy atom. The number of carbonyl (C=O) groups is 4. The van der Waals surface area contributed by atoms with Gasteiger partial charge in [0.05, 0.1) is 6.42 Å². The molecule has 0 unspecified atom stereocenters. The van der Waals surface area contributed by atoms with Crippen molar-refractivity contribution in [2.45, 2.75) is 58.2 Å². The van der Waals surface area contributed by atoms with Crippen molar-refractivity contribution in [3.63, 3.8) is 0 Å². The lowest BCUT2D eigenvalue weighted by Crippen LogP contribution is -2.60. The summed E-state index contributed by atoms with van der Waals surface area (Å²) < 4.78 is 0. The first-order valence-corrected chi connectivity index (χ1v) is 11.4. The first-order chi connectivity index (χ1) is 16.2. The van der Waals surface area contributed by atoms with Crippen LogP contribution >= 0.6 is 0 Å². The predicted octanol–water partition coefficient (Wildman–Crippen LogP) is 2.53. The molecule has 2 atom stereocenters. The van der Waals surface area contributed by atoms with Gasteiger partial charge in [-0.2, -0.15) is 5.06 Å². The summed E-state index contributed by atoms with van der Waals surface area (Å²) >= 11 is 0. The number of nitrogens with one attached hydrogen (secondary N) is 2. The molecule has 8 heteroatoms. The zero-order chi connectivity index (χ0) is 24.7. The molecule has 1 fully saturated rings. The Labute approximate surface area is 199 Å². The van der Waals surface area contributed by atoms with Crippen LogP contribution in [0.5, 0.6) is 0 Å². The monoisotopic (exact) mass is 465 g/mol. The lowest BCUT2D eigenvalue weighted by atomic mass is 9.88. The SMILES string of the molecule is CC(=O)N[C@H](CC(C)C)C(=O)N[C@]1(Cc2ccccc2)CC(=O)N(OCc2ccccc2)C1=O. The Bertz CT molecular complexity index is 1030. The molecule has 0 aliphatic carbocycles. The van der Waals surface area contributed by atoms with E-state index in [1.165, 1.54) is 6.92 Å². The molecule has 0 bridgehead atoms. The molecule has 0 radical (unpaired) electrons. The molecule has 34 heavy (non-hydrogen) atoms. The highest BCUT2D eigenvalue weighted by Gasteiger charge is 2.54.